The Morgan fingerprint density at radius 3 is 3.08 bits per heavy atom. The van der Waals surface area contributed by atoms with Crippen molar-refractivity contribution in [3.63, 3.8) is 0 Å². The summed E-state index contributed by atoms with van der Waals surface area (Å²) in [7, 11) is 0. The maximum absolute atomic E-state index is 5.39. The van der Waals surface area contributed by atoms with Gasteiger partial charge in [-0.15, -0.1) is 0 Å². The van der Waals surface area contributed by atoms with Crippen molar-refractivity contribution in [1.29, 1.82) is 0 Å². The van der Waals surface area contributed by atoms with E-state index in [4.69, 9.17) is 4.74 Å². The van der Waals surface area contributed by atoms with Crippen molar-refractivity contribution in [1.82, 2.24) is 0 Å². The van der Waals surface area contributed by atoms with Gasteiger partial charge < -0.3 is 4.74 Å². The zero-order valence-corrected chi connectivity index (χ0v) is 7.46. The molecule has 0 N–H and O–H groups in total. The van der Waals surface area contributed by atoms with E-state index in [1.807, 2.05) is 5.41 Å². The van der Waals surface area contributed by atoms with Crippen LogP contribution in [0.4, 0.5) is 0 Å². The highest BCUT2D eigenvalue weighted by atomic mass is 32.2. The standard InChI is InChI=1S/C10H10OS/c1-2-4-9(5-3-1)10-8-12-7-6-11-10/h1-4,6-9H,5H2. The Morgan fingerprint density at radius 1 is 1.42 bits per heavy atom. The van der Waals surface area contributed by atoms with Crippen LogP contribution in [0.3, 0.4) is 0 Å². The number of ether oxygens (including phenoxy) is 1. The lowest BCUT2D eigenvalue weighted by Gasteiger charge is -2.17. The van der Waals surface area contributed by atoms with E-state index in [0.717, 1.165) is 12.2 Å². The van der Waals surface area contributed by atoms with E-state index in [2.05, 4.69) is 29.7 Å². The molecule has 2 heteroatoms. The van der Waals surface area contributed by atoms with Crippen LogP contribution < -0.4 is 0 Å². The summed E-state index contributed by atoms with van der Waals surface area (Å²) >= 11 is 1.67. The van der Waals surface area contributed by atoms with E-state index in [0.29, 0.717) is 5.92 Å². The minimum atomic E-state index is 0.437. The predicted octanol–water partition coefficient (Wildman–Crippen LogP) is 3.19. The van der Waals surface area contributed by atoms with E-state index >= 15 is 0 Å². The van der Waals surface area contributed by atoms with Crippen molar-refractivity contribution in [2.24, 2.45) is 5.92 Å². The molecule has 0 amide bonds. The molecule has 2 aliphatic rings. The van der Waals surface area contributed by atoms with Gasteiger partial charge in [0.2, 0.25) is 0 Å². The summed E-state index contributed by atoms with van der Waals surface area (Å²) in [4.78, 5) is 0. The molecule has 62 valence electrons. The average Bonchev–Trinajstić information content (AvgIpc) is 2.21. The first-order valence-electron chi connectivity index (χ1n) is 3.97. The largest absolute Gasteiger partial charge is 0.468 e. The zero-order valence-electron chi connectivity index (χ0n) is 6.64. The molecule has 1 heterocycles. The first-order valence-corrected chi connectivity index (χ1v) is 4.91. The minimum Gasteiger partial charge on any atom is -0.468 e. The van der Waals surface area contributed by atoms with Crippen molar-refractivity contribution < 1.29 is 4.74 Å². The fourth-order valence-corrected chi connectivity index (χ4v) is 1.80. The van der Waals surface area contributed by atoms with Crippen LogP contribution in [-0.4, -0.2) is 0 Å². The lowest BCUT2D eigenvalue weighted by molar-refractivity contribution is 0.309. The monoisotopic (exact) mass is 178 g/mol. The van der Waals surface area contributed by atoms with Crippen molar-refractivity contribution in [2.75, 3.05) is 0 Å². The van der Waals surface area contributed by atoms with E-state index in [1.165, 1.54) is 0 Å². The number of allylic oxidation sites excluding steroid dienone is 4. The molecule has 2 rings (SSSR count). The molecular formula is C10H10OS. The van der Waals surface area contributed by atoms with Gasteiger partial charge in [0.25, 0.3) is 0 Å². The van der Waals surface area contributed by atoms with E-state index in [9.17, 15) is 0 Å². The van der Waals surface area contributed by atoms with E-state index in [-0.39, 0.29) is 0 Å². The highest BCUT2D eigenvalue weighted by Crippen LogP contribution is 2.27. The van der Waals surface area contributed by atoms with Crippen molar-refractivity contribution in [3.8, 4) is 0 Å². The third kappa shape index (κ3) is 1.64. The smallest absolute Gasteiger partial charge is 0.117 e. The average molecular weight is 178 g/mol. The first kappa shape index (κ1) is 7.74. The molecule has 12 heavy (non-hydrogen) atoms. The minimum absolute atomic E-state index is 0.437. The molecule has 0 fully saturated rings. The molecule has 1 atom stereocenters. The number of hydrogen-bond acceptors (Lipinski definition) is 2. The summed E-state index contributed by atoms with van der Waals surface area (Å²) in [5.74, 6) is 1.50. The summed E-state index contributed by atoms with van der Waals surface area (Å²) < 4.78 is 5.39. The van der Waals surface area contributed by atoms with Gasteiger partial charge in [-0.2, -0.15) is 0 Å². The molecule has 1 unspecified atom stereocenters. The zero-order chi connectivity index (χ0) is 8.23. The number of thioether (sulfide) groups is 1. The fourth-order valence-electron chi connectivity index (χ4n) is 1.24. The van der Waals surface area contributed by atoms with Gasteiger partial charge in [-0.1, -0.05) is 36.1 Å². The van der Waals surface area contributed by atoms with Crippen molar-refractivity contribution in [2.45, 2.75) is 6.42 Å². The summed E-state index contributed by atoms with van der Waals surface area (Å²) in [6.45, 7) is 0. The van der Waals surface area contributed by atoms with Crippen LogP contribution >= 0.6 is 11.8 Å². The van der Waals surface area contributed by atoms with Crippen LogP contribution in [0.15, 0.2) is 47.1 Å². The maximum atomic E-state index is 5.39. The van der Waals surface area contributed by atoms with Gasteiger partial charge in [-0.25, -0.2) is 0 Å². The molecule has 0 aromatic rings. The highest BCUT2D eigenvalue weighted by molar-refractivity contribution is 8.04. The second-order valence-electron chi connectivity index (χ2n) is 2.70. The summed E-state index contributed by atoms with van der Waals surface area (Å²) in [6, 6.07) is 0. The quantitative estimate of drug-likeness (QED) is 0.609. The molecule has 0 radical (unpaired) electrons. The van der Waals surface area contributed by atoms with Crippen LogP contribution in [0.25, 0.3) is 0 Å². The molecule has 0 saturated heterocycles. The molecule has 0 aromatic carbocycles. The Hall–Kier alpha value is -0.890. The second-order valence-corrected chi connectivity index (χ2v) is 3.48. The van der Waals surface area contributed by atoms with Crippen LogP contribution in [0, 0.1) is 5.92 Å². The Labute approximate surface area is 76.5 Å². The lowest BCUT2D eigenvalue weighted by atomic mass is 9.99. The third-order valence-corrected chi connectivity index (χ3v) is 2.51. The van der Waals surface area contributed by atoms with Gasteiger partial charge in [0.05, 0.1) is 6.26 Å². The van der Waals surface area contributed by atoms with Crippen LogP contribution in [0.2, 0.25) is 0 Å². The van der Waals surface area contributed by atoms with Gasteiger partial charge in [0.1, 0.15) is 5.76 Å². The Bertz CT molecular complexity index is 274. The molecule has 1 nitrogen and oxygen atoms in total. The topological polar surface area (TPSA) is 9.23 Å². The summed E-state index contributed by atoms with van der Waals surface area (Å²) in [6.07, 6.45) is 11.3. The summed E-state index contributed by atoms with van der Waals surface area (Å²) in [5, 5.41) is 4.00. The Balaban J connectivity index is 2.04. The normalized spacial score (nSPS) is 26.7. The van der Waals surface area contributed by atoms with Crippen LogP contribution in [0.5, 0.6) is 0 Å². The predicted molar refractivity (Wildman–Crippen MR) is 52.3 cm³/mol. The first-order chi connectivity index (χ1) is 5.97. The van der Waals surface area contributed by atoms with E-state index in [1.54, 1.807) is 18.0 Å². The molecule has 0 spiro atoms. The maximum Gasteiger partial charge on any atom is 0.117 e. The van der Waals surface area contributed by atoms with Gasteiger partial charge >= 0.3 is 0 Å². The Morgan fingerprint density at radius 2 is 2.42 bits per heavy atom. The van der Waals surface area contributed by atoms with Crippen LogP contribution in [-0.2, 0) is 4.74 Å². The van der Waals surface area contributed by atoms with Gasteiger partial charge in [0, 0.05) is 16.7 Å². The summed E-state index contributed by atoms with van der Waals surface area (Å²) in [5.41, 5.74) is 0. The van der Waals surface area contributed by atoms with Gasteiger partial charge in [0.15, 0.2) is 0 Å². The van der Waals surface area contributed by atoms with Crippen molar-refractivity contribution >= 4 is 11.8 Å². The molecule has 1 aliphatic carbocycles. The fraction of sp³-hybridized carbons (Fsp3) is 0.200. The van der Waals surface area contributed by atoms with Gasteiger partial charge in [-0.3, -0.25) is 0 Å². The SMILES string of the molecule is C1=CCC(C2=CSC=CO2)C=C1. The van der Waals surface area contributed by atoms with Crippen molar-refractivity contribution in [3.05, 3.63) is 47.1 Å². The number of rotatable bonds is 1. The second kappa shape index (κ2) is 3.68. The number of hydrogen-bond donors (Lipinski definition) is 0. The Kier molecular flexibility index (Phi) is 2.37. The molecule has 0 bridgehead atoms. The van der Waals surface area contributed by atoms with Gasteiger partial charge in [-0.05, 0) is 6.42 Å². The lowest BCUT2D eigenvalue weighted by Crippen LogP contribution is -2.03. The molecule has 0 saturated carbocycles. The molecular weight excluding hydrogens is 168 g/mol. The van der Waals surface area contributed by atoms with Crippen LogP contribution in [0.1, 0.15) is 6.42 Å². The highest BCUT2D eigenvalue weighted by Gasteiger charge is 2.13. The molecule has 0 aromatic heterocycles. The molecule has 1 aliphatic heterocycles. The third-order valence-electron chi connectivity index (χ3n) is 1.87. The van der Waals surface area contributed by atoms with E-state index < -0.39 is 0 Å².